The molecule has 2 fully saturated rings. The second-order valence-corrected chi connectivity index (χ2v) is 8.05. The van der Waals surface area contributed by atoms with Gasteiger partial charge >= 0.3 is 24.0 Å². The highest BCUT2D eigenvalue weighted by molar-refractivity contribution is 5.91. The minimum atomic E-state index is -1.53. The fraction of sp³-hybridized carbons (Fsp3) is 0.789. The van der Waals surface area contributed by atoms with Gasteiger partial charge in [0.2, 0.25) is 0 Å². The smallest absolute Gasteiger partial charge is 0.408 e. The highest BCUT2D eigenvalue weighted by Gasteiger charge is 2.77. The first-order valence-electron chi connectivity index (χ1n) is 9.49. The van der Waals surface area contributed by atoms with Gasteiger partial charge in [0.25, 0.3) is 0 Å². The van der Waals surface area contributed by atoms with Crippen LogP contribution < -0.4 is 5.32 Å². The van der Waals surface area contributed by atoms with Gasteiger partial charge in [-0.25, -0.2) is 9.59 Å². The van der Waals surface area contributed by atoms with Crippen LogP contribution in [0.5, 0.6) is 0 Å². The van der Waals surface area contributed by atoms with E-state index in [0.717, 1.165) is 0 Å². The van der Waals surface area contributed by atoms with Gasteiger partial charge in [-0.1, -0.05) is 0 Å². The summed E-state index contributed by atoms with van der Waals surface area (Å²) in [4.78, 5) is 49.2. The normalized spacial score (nSPS) is 30.6. The van der Waals surface area contributed by atoms with E-state index in [-0.39, 0.29) is 19.6 Å². The summed E-state index contributed by atoms with van der Waals surface area (Å²) in [6.07, 6.45) is -1.51. The van der Waals surface area contributed by atoms with Crippen molar-refractivity contribution in [2.75, 3.05) is 13.2 Å². The molecule has 9 heteroatoms. The van der Waals surface area contributed by atoms with E-state index in [9.17, 15) is 19.2 Å². The van der Waals surface area contributed by atoms with Crippen LogP contribution in [0.15, 0.2) is 0 Å². The number of amides is 1. The average molecular weight is 399 g/mol. The number of hydrogen-bond donors (Lipinski definition) is 1. The van der Waals surface area contributed by atoms with Crippen molar-refractivity contribution in [3.63, 3.8) is 0 Å². The monoisotopic (exact) mass is 399 g/mol. The van der Waals surface area contributed by atoms with E-state index in [2.05, 4.69) is 5.32 Å². The molecule has 0 aliphatic heterocycles. The number of esters is 3. The zero-order valence-corrected chi connectivity index (χ0v) is 17.2. The average Bonchev–Trinajstić information content (AvgIpc) is 3.20. The zero-order chi connectivity index (χ0) is 21.3. The Hall–Kier alpha value is -2.32. The summed E-state index contributed by atoms with van der Waals surface area (Å²) < 4.78 is 20.9. The molecule has 0 heterocycles. The Morgan fingerprint density at radius 2 is 1.68 bits per heavy atom. The number of nitrogens with one attached hydrogen (secondary N) is 1. The molecule has 158 valence electrons. The predicted molar refractivity (Wildman–Crippen MR) is 96.0 cm³/mol. The molecule has 0 bridgehead atoms. The summed E-state index contributed by atoms with van der Waals surface area (Å²) in [5.74, 6) is -3.40. The molecule has 0 aromatic rings. The van der Waals surface area contributed by atoms with Crippen molar-refractivity contribution in [1.82, 2.24) is 5.32 Å². The third kappa shape index (κ3) is 4.39. The lowest BCUT2D eigenvalue weighted by Crippen LogP contribution is -2.58. The van der Waals surface area contributed by atoms with Crippen molar-refractivity contribution >= 4 is 24.0 Å². The minimum Gasteiger partial charge on any atom is -0.466 e. The van der Waals surface area contributed by atoms with Gasteiger partial charge in [0, 0.05) is 25.2 Å². The maximum atomic E-state index is 12.9. The topological polar surface area (TPSA) is 117 Å². The predicted octanol–water partition coefficient (Wildman–Crippen LogP) is 1.57. The minimum absolute atomic E-state index is 0.00982. The van der Waals surface area contributed by atoms with Crippen molar-refractivity contribution < 1.29 is 38.1 Å². The second kappa shape index (κ2) is 7.97. The largest absolute Gasteiger partial charge is 0.466 e. The van der Waals surface area contributed by atoms with Gasteiger partial charge in [-0.05, 0) is 34.6 Å². The number of hydrogen-bond acceptors (Lipinski definition) is 8. The quantitative estimate of drug-likeness (QED) is 0.528. The van der Waals surface area contributed by atoms with Gasteiger partial charge in [-0.3, -0.25) is 9.59 Å². The van der Waals surface area contributed by atoms with E-state index < -0.39 is 59.0 Å². The summed E-state index contributed by atoms with van der Waals surface area (Å²) in [5, 5.41) is 2.62. The number of ether oxygens (including phenoxy) is 4. The van der Waals surface area contributed by atoms with E-state index in [1.165, 1.54) is 6.92 Å². The van der Waals surface area contributed by atoms with Gasteiger partial charge in [-0.15, -0.1) is 0 Å². The van der Waals surface area contributed by atoms with E-state index >= 15 is 0 Å². The van der Waals surface area contributed by atoms with Crippen LogP contribution in [0.3, 0.4) is 0 Å². The molecule has 2 saturated carbocycles. The summed E-state index contributed by atoms with van der Waals surface area (Å²) in [7, 11) is 0. The van der Waals surface area contributed by atoms with Crippen LogP contribution >= 0.6 is 0 Å². The number of carbonyl (C=O) groups excluding carboxylic acids is 4. The van der Waals surface area contributed by atoms with Crippen LogP contribution in [0, 0.1) is 17.8 Å². The lowest BCUT2D eigenvalue weighted by Gasteiger charge is -2.32. The molecule has 0 saturated heterocycles. The van der Waals surface area contributed by atoms with Crippen molar-refractivity contribution in [2.45, 2.75) is 65.2 Å². The maximum Gasteiger partial charge on any atom is 0.408 e. The highest BCUT2D eigenvalue weighted by atomic mass is 16.6. The van der Waals surface area contributed by atoms with Crippen LogP contribution in [0.25, 0.3) is 0 Å². The second-order valence-electron chi connectivity index (χ2n) is 8.05. The maximum absolute atomic E-state index is 12.9. The molecule has 0 unspecified atom stereocenters. The Kier molecular flexibility index (Phi) is 6.25. The summed E-state index contributed by atoms with van der Waals surface area (Å²) in [6, 6.07) is 0. The standard InChI is InChI=1S/C19H29NO8/c1-7-25-15(22)13-12-11(27-10(3)21)9-19(14(12)13,16(23)26-8-2)20-17(24)28-18(4,5)6/h11-14H,7-9H2,1-6H3,(H,20,24)/t11-,12-,13-,14-,19-/m0/s1. The fourth-order valence-corrected chi connectivity index (χ4v) is 4.05. The van der Waals surface area contributed by atoms with E-state index in [0.29, 0.717) is 0 Å². The lowest BCUT2D eigenvalue weighted by molar-refractivity contribution is -0.158. The summed E-state index contributed by atoms with van der Waals surface area (Å²) >= 11 is 0. The Bertz CT molecular complexity index is 655. The Labute approximate surface area is 164 Å². The van der Waals surface area contributed by atoms with Crippen LogP contribution in [-0.4, -0.2) is 54.5 Å². The molecule has 0 spiro atoms. The van der Waals surface area contributed by atoms with Gasteiger partial charge < -0.3 is 24.3 Å². The molecule has 1 amide bonds. The molecule has 1 N–H and O–H groups in total. The van der Waals surface area contributed by atoms with Crippen LogP contribution in [0.1, 0.15) is 48.0 Å². The molecule has 5 atom stereocenters. The first kappa shape index (κ1) is 22.0. The molecular formula is C19H29NO8. The number of alkyl carbamates (subject to hydrolysis) is 1. The van der Waals surface area contributed by atoms with Gasteiger partial charge in [0.05, 0.1) is 19.1 Å². The third-order valence-electron chi connectivity index (χ3n) is 4.84. The molecule has 2 aliphatic rings. The van der Waals surface area contributed by atoms with Crippen molar-refractivity contribution in [2.24, 2.45) is 17.8 Å². The van der Waals surface area contributed by atoms with E-state index in [1.807, 2.05) is 0 Å². The molecule has 0 radical (unpaired) electrons. The van der Waals surface area contributed by atoms with Crippen LogP contribution in [-0.2, 0) is 33.3 Å². The van der Waals surface area contributed by atoms with E-state index in [1.54, 1.807) is 34.6 Å². The highest BCUT2D eigenvalue weighted by Crippen LogP contribution is 2.64. The fourth-order valence-electron chi connectivity index (χ4n) is 4.05. The molecule has 2 aliphatic carbocycles. The number of rotatable bonds is 6. The van der Waals surface area contributed by atoms with E-state index in [4.69, 9.17) is 18.9 Å². The molecule has 0 aromatic heterocycles. The SMILES string of the molecule is CCOC(=O)[C@H]1[C@H]2[C@@H]1[C@](NC(=O)OC(C)(C)C)(C(=O)OCC)C[C@@H]2OC(C)=O. The Morgan fingerprint density at radius 3 is 2.18 bits per heavy atom. The summed E-state index contributed by atoms with van der Waals surface area (Å²) in [6.45, 7) is 9.93. The molecular weight excluding hydrogens is 370 g/mol. The molecule has 28 heavy (non-hydrogen) atoms. The van der Waals surface area contributed by atoms with Gasteiger partial charge in [-0.2, -0.15) is 0 Å². The molecule has 2 rings (SSSR count). The van der Waals surface area contributed by atoms with Crippen LogP contribution in [0.4, 0.5) is 4.79 Å². The first-order chi connectivity index (χ1) is 13.0. The lowest BCUT2D eigenvalue weighted by atomic mass is 9.89. The Morgan fingerprint density at radius 1 is 1.07 bits per heavy atom. The third-order valence-corrected chi connectivity index (χ3v) is 4.84. The molecule has 9 nitrogen and oxygen atoms in total. The Balaban J connectivity index is 2.36. The number of fused-ring (bicyclic) bond motifs is 1. The van der Waals surface area contributed by atoms with Crippen LogP contribution in [0.2, 0.25) is 0 Å². The first-order valence-corrected chi connectivity index (χ1v) is 9.49. The van der Waals surface area contributed by atoms with Crippen molar-refractivity contribution in [3.8, 4) is 0 Å². The summed E-state index contributed by atoms with van der Waals surface area (Å²) in [5.41, 5.74) is -2.31. The van der Waals surface area contributed by atoms with Crippen molar-refractivity contribution in [3.05, 3.63) is 0 Å². The number of carbonyl (C=O) groups is 4. The molecule has 0 aromatic carbocycles. The van der Waals surface area contributed by atoms with Gasteiger partial charge in [0.15, 0.2) is 0 Å². The van der Waals surface area contributed by atoms with Gasteiger partial charge in [0.1, 0.15) is 17.2 Å². The van der Waals surface area contributed by atoms with Crippen molar-refractivity contribution in [1.29, 1.82) is 0 Å². The zero-order valence-electron chi connectivity index (χ0n) is 17.2.